The van der Waals surface area contributed by atoms with Crippen LogP contribution in [0.2, 0.25) is 10.0 Å². The molecule has 0 aromatic heterocycles. The summed E-state index contributed by atoms with van der Waals surface area (Å²) in [6, 6.07) is 3.55. The van der Waals surface area contributed by atoms with Gasteiger partial charge in [-0.1, -0.05) is 23.2 Å². The fourth-order valence-electron chi connectivity index (χ4n) is 1.75. The molecule has 0 radical (unpaired) electrons. The Hall–Kier alpha value is -0.290. The lowest BCUT2D eigenvalue weighted by Crippen LogP contribution is -2.31. The Labute approximate surface area is 111 Å². The molecule has 3 N–H and O–H groups in total. The summed E-state index contributed by atoms with van der Waals surface area (Å²) in [6.07, 6.45) is 1.63. The van der Waals surface area contributed by atoms with Gasteiger partial charge in [0.25, 0.3) is 0 Å². The number of hydrogen-bond donors (Lipinski definition) is 3. The van der Waals surface area contributed by atoms with Crippen molar-refractivity contribution in [3.05, 3.63) is 32.2 Å². The molecule has 1 aromatic rings. The second-order valence-electron chi connectivity index (χ2n) is 3.82. The van der Waals surface area contributed by atoms with E-state index in [9.17, 15) is 0 Å². The van der Waals surface area contributed by atoms with Crippen LogP contribution < -0.4 is 5.48 Å². The molecule has 1 saturated carbocycles. The van der Waals surface area contributed by atoms with Crippen molar-refractivity contribution in [2.45, 2.75) is 18.3 Å². The minimum Gasteiger partial charge on any atom is -0.290 e. The Kier molecular flexibility index (Phi) is 3.18. The maximum atomic E-state index is 8.82. The molecule has 1 aliphatic carbocycles. The van der Waals surface area contributed by atoms with E-state index >= 15 is 0 Å². The summed E-state index contributed by atoms with van der Waals surface area (Å²) in [5.41, 5.74) is 2.32. The van der Waals surface area contributed by atoms with Crippen molar-refractivity contribution in [3.8, 4) is 0 Å². The van der Waals surface area contributed by atoms with Crippen molar-refractivity contribution in [2.24, 2.45) is 0 Å². The van der Waals surface area contributed by atoms with E-state index in [1.165, 1.54) is 0 Å². The Morgan fingerprint density at radius 1 is 1.38 bits per heavy atom. The molecule has 1 aromatic carbocycles. The molecule has 3 nitrogen and oxygen atoms in total. The number of hydrogen-bond acceptors (Lipinski definition) is 2. The zero-order chi connectivity index (χ0) is 11.9. The van der Waals surface area contributed by atoms with Gasteiger partial charge < -0.3 is 0 Å². The van der Waals surface area contributed by atoms with Crippen LogP contribution in [0.15, 0.2) is 16.6 Å². The van der Waals surface area contributed by atoms with Crippen LogP contribution in [0.5, 0.6) is 0 Å². The number of hydroxylamine groups is 1. The molecule has 1 aliphatic rings. The third-order valence-electron chi connectivity index (χ3n) is 2.88. The lowest BCUT2D eigenvalue weighted by atomic mass is 9.95. The third-order valence-corrected chi connectivity index (χ3v) is 4.78. The average Bonchev–Trinajstić information content (AvgIpc) is 3.05. The quantitative estimate of drug-likeness (QED) is 0.336. The van der Waals surface area contributed by atoms with E-state index in [-0.39, 0.29) is 5.84 Å². The number of halogens is 3. The molecule has 0 spiro atoms. The molecule has 0 bridgehead atoms. The monoisotopic (exact) mass is 322 g/mol. The fraction of sp³-hybridized carbons (Fsp3) is 0.300. The molecule has 0 amide bonds. The highest BCUT2D eigenvalue weighted by Gasteiger charge is 2.49. The van der Waals surface area contributed by atoms with Gasteiger partial charge in [-0.15, -0.1) is 0 Å². The summed E-state index contributed by atoms with van der Waals surface area (Å²) in [7, 11) is 0. The summed E-state index contributed by atoms with van der Waals surface area (Å²) >= 11 is 15.3. The maximum absolute atomic E-state index is 8.82. The first-order chi connectivity index (χ1) is 7.51. The Morgan fingerprint density at radius 3 is 2.25 bits per heavy atom. The fourth-order valence-corrected chi connectivity index (χ4v) is 2.46. The molecule has 0 aliphatic heterocycles. The van der Waals surface area contributed by atoms with Crippen LogP contribution in [0.3, 0.4) is 0 Å². The van der Waals surface area contributed by atoms with Gasteiger partial charge in [-0.05, 0) is 46.5 Å². The first kappa shape index (κ1) is 12.2. The van der Waals surface area contributed by atoms with Gasteiger partial charge in [-0.3, -0.25) is 16.1 Å². The topological polar surface area (TPSA) is 56.1 Å². The summed E-state index contributed by atoms with van der Waals surface area (Å²) in [4.78, 5) is 0. The SMILES string of the molecule is N=C(NO)C1(c2cc(Cl)c(Br)c(Cl)c2)CC1. The summed E-state index contributed by atoms with van der Waals surface area (Å²) in [6.45, 7) is 0. The molecule has 0 heterocycles. The highest BCUT2D eigenvalue weighted by molar-refractivity contribution is 9.10. The highest BCUT2D eigenvalue weighted by atomic mass is 79.9. The first-order valence-electron chi connectivity index (χ1n) is 4.65. The molecule has 6 heteroatoms. The number of benzene rings is 1. The number of amidine groups is 1. The Balaban J connectivity index is 2.46. The van der Waals surface area contributed by atoms with Crippen LogP contribution in [0.4, 0.5) is 0 Å². The predicted molar refractivity (Wildman–Crippen MR) is 67.7 cm³/mol. The van der Waals surface area contributed by atoms with Crippen molar-refractivity contribution in [1.29, 1.82) is 5.41 Å². The van der Waals surface area contributed by atoms with Crippen LogP contribution >= 0.6 is 39.1 Å². The van der Waals surface area contributed by atoms with E-state index < -0.39 is 5.41 Å². The number of rotatable bonds is 2. The van der Waals surface area contributed by atoms with Gasteiger partial charge in [-0.25, -0.2) is 0 Å². The zero-order valence-electron chi connectivity index (χ0n) is 8.15. The Morgan fingerprint density at radius 2 is 1.88 bits per heavy atom. The van der Waals surface area contributed by atoms with Crippen LogP contribution in [0.25, 0.3) is 0 Å². The lowest BCUT2D eigenvalue weighted by molar-refractivity contribution is 0.228. The van der Waals surface area contributed by atoms with Gasteiger partial charge >= 0.3 is 0 Å². The molecule has 0 atom stereocenters. The van der Waals surface area contributed by atoms with Gasteiger partial charge in [-0.2, -0.15) is 0 Å². The normalized spacial score (nSPS) is 17.0. The van der Waals surface area contributed by atoms with E-state index in [0.29, 0.717) is 14.5 Å². The molecule has 1 fully saturated rings. The second-order valence-corrected chi connectivity index (χ2v) is 5.43. The van der Waals surface area contributed by atoms with Crippen molar-refractivity contribution < 1.29 is 5.21 Å². The minimum atomic E-state index is -0.442. The van der Waals surface area contributed by atoms with Crippen LogP contribution in [-0.4, -0.2) is 11.0 Å². The van der Waals surface area contributed by atoms with Crippen molar-refractivity contribution in [1.82, 2.24) is 5.48 Å². The van der Waals surface area contributed by atoms with E-state index in [1.54, 1.807) is 12.1 Å². The van der Waals surface area contributed by atoms with Gasteiger partial charge in [0.05, 0.1) is 19.9 Å². The lowest BCUT2D eigenvalue weighted by Gasteiger charge is -2.17. The molecule has 0 saturated heterocycles. The largest absolute Gasteiger partial charge is 0.290 e. The van der Waals surface area contributed by atoms with Crippen LogP contribution in [-0.2, 0) is 5.41 Å². The Bertz CT molecular complexity index is 437. The van der Waals surface area contributed by atoms with Crippen molar-refractivity contribution in [2.75, 3.05) is 0 Å². The van der Waals surface area contributed by atoms with Crippen LogP contribution in [0, 0.1) is 5.41 Å². The smallest absolute Gasteiger partial charge is 0.128 e. The van der Waals surface area contributed by atoms with Crippen molar-refractivity contribution in [3.63, 3.8) is 0 Å². The van der Waals surface area contributed by atoms with E-state index in [4.69, 9.17) is 33.8 Å². The predicted octanol–water partition coefficient (Wildman–Crippen LogP) is 3.74. The minimum absolute atomic E-state index is 0.0851. The maximum Gasteiger partial charge on any atom is 0.128 e. The van der Waals surface area contributed by atoms with Crippen molar-refractivity contribution >= 4 is 45.0 Å². The van der Waals surface area contributed by atoms with Gasteiger partial charge in [0, 0.05) is 0 Å². The zero-order valence-corrected chi connectivity index (χ0v) is 11.2. The average molecular weight is 324 g/mol. The third kappa shape index (κ3) is 1.84. The van der Waals surface area contributed by atoms with Crippen LogP contribution in [0.1, 0.15) is 18.4 Å². The van der Waals surface area contributed by atoms with Gasteiger partial charge in [0.1, 0.15) is 5.84 Å². The molecular weight excluding hydrogens is 315 g/mol. The second kappa shape index (κ2) is 4.18. The summed E-state index contributed by atoms with van der Waals surface area (Å²) < 4.78 is 0.652. The summed E-state index contributed by atoms with van der Waals surface area (Å²) in [5, 5.41) is 17.5. The molecule has 0 unspecified atom stereocenters. The molecule has 16 heavy (non-hydrogen) atoms. The molecular formula is C10H9BrCl2N2O. The number of nitrogens with one attached hydrogen (secondary N) is 2. The van der Waals surface area contributed by atoms with E-state index in [0.717, 1.165) is 18.4 Å². The highest BCUT2D eigenvalue weighted by Crippen LogP contribution is 2.50. The van der Waals surface area contributed by atoms with Gasteiger partial charge in [0.15, 0.2) is 0 Å². The molecule has 2 rings (SSSR count). The van der Waals surface area contributed by atoms with E-state index in [2.05, 4.69) is 15.9 Å². The first-order valence-corrected chi connectivity index (χ1v) is 6.20. The van der Waals surface area contributed by atoms with E-state index in [1.807, 2.05) is 5.48 Å². The van der Waals surface area contributed by atoms with Gasteiger partial charge in [0.2, 0.25) is 0 Å². The molecule has 86 valence electrons. The standard InChI is InChI=1S/C10H9BrCl2N2O/c11-8-6(12)3-5(4-7(8)13)10(1-2-10)9(14)15-16/h3-4,16H,1-2H2,(H2,14,15). The summed E-state index contributed by atoms with van der Waals surface area (Å²) in [5.74, 6) is 0.0851.